The van der Waals surface area contributed by atoms with Crippen LogP contribution in [0.25, 0.3) is 0 Å². The summed E-state index contributed by atoms with van der Waals surface area (Å²) >= 11 is 0. The Bertz CT molecular complexity index is 165. The van der Waals surface area contributed by atoms with Crippen molar-refractivity contribution in [3.63, 3.8) is 0 Å². The molecule has 0 bridgehead atoms. The Hall–Kier alpha value is -0.225. The predicted octanol–water partition coefficient (Wildman–Crippen LogP) is 0.158. The van der Waals surface area contributed by atoms with Gasteiger partial charge in [-0.2, -0.15) is 13.2 Å². The molecule has 0 aromatic carbocycles. The average Bonchev–Trinajstić information content (AvgIpc) is 2.34. The molecular formula is C6H9BF3NO. The minimum absolute atomic E-state index is 0.256. The molecule has 2 nitrogen and oxygen atoms in total. The van der Waals surface area contributed by atoms with Gasteiger partial charge in [-0.05, 0) is 19.4 Å². The topological polar surface area (TPSA) is 32.3 Å². The molecule has 0 unspecified atom stereocenters. The van der Waals surface area contributed by atoms with Crippen LogP contribution in [-0.2, 0) is 0 Å². The van der Waals surface area contributed by atoms with E-state index in [-0.39, 0.29) is 6.42 Å². The molecule has 1 fully saturated rings. The Labute approximate surface area is 69.6 Å². The van der Waals surface area contributed by atoms with Crippen LogP contribution in [-0.4, -0.2) is 37.2 Å². The van der Waals surface area contributed by atoms with E-state index in [0.29, 0.717) is 13.0 Å². The highest BCUT2D eigenvalue weighted by Crippen LogP contribution is 2.33. The molecule has 0 aromatic rings. The zero-order valence-corrected chi connectivity index (χ0v) is 6.36. The zero-order chi connectivity index (χ0) is 9.41. The Balaban J connectivity index is 2.69. The Morgan fingerprint density at radius 2 is 2.00 bits per heavy atom. The minimum atomic E-state index is -4.77. The Kier molecular flexibility index (Phi) is 2.40. The van der Waals surface area contributed by atoms with Gasteiger partial charge in [-0.3, -0.25) is 0 Å². The number of hydrogen-bond donors (Lipinski definition) is 2. The minimum Gasteiger partial charge on any atom is -0.389 e. The summed E-state index contributed by atoms with van der Waals surface area (Å²) in [5.74, 6) is 0. The van der Waals surface area contributed by atoms with Gasteiger partial charge in [0.1, 0.15) is 13.3 Å². The van der Waals surface area contributed by atoms with E-state index >= 15 is 0 Å². The molecule has 0 spiro atoms. The molecule has 68 valence electrons. The predicted molar refractivity (Wildman–Crippen MR) is 37.8 cm³/mol. The Morgan fingerprint density at radius 3 is 2.33 bits per heavy atom. The van der Waals surface area contributed by atoms with E-state index in [1.165, 1.54) is 0 Å². The fourth-order valence-electron chi connectivity index (χ4n) is 1.26. The quantitative estimate of drug-likeness (QED) is 0.561. The first-order chi connectivity index (χ1) is 5.36. The molecule has 1 aliphatic heterocycles. The van der Waals surface area contributed by atoms with Crippen LogP contribution >= 0.6 is 0 Å². The number of aliphatic hydroxyl groups is 1. The molecule has 0 aromatic heterocycles. The van der Waals surface area contributed by atoms with Crippen LogP contribution in [0.1, 0.15) is 12.8 Å². The lowest BCUT2D eigenvalue weighted by Gasteiger charge is -2.32. The van der Waals surface area contributed by atoms with Gasteiger partial charge in [0.15, 0.2) is 0 Å². The van der Waals surface area contributed by atoms with E-state index in [1.807, 2.05) is 0 Å². The van der Waals surface area contributed by atoms with Crippen molar-refractivity contribution in [1.82, 2.24) is 5.32 Å². The first-order valence-electron chi connectivity index (χ1n) is 3.67. The zero-order valence-electron chi connectivity index (χ0n) is 6.36. The van der Waals surface area contributed by atoms with Gasteiger partial charge < -0.3 is 10.4 Å². The molecule has 1 saturated heterocycles. The summed E-state index contributed by atoms with van der Waals surface area (Å²) in [5, 5.41) is 11.4. The van der Waals surface area contributed by atoms with Crippen LogP contribution in [0, 0.1) is 0 Å². The van der Waals surface area contributed by atoms with Crippen LogP contribution in [0.5, 0.6) is 0 Å². The summed E-state index contributed by atoms with van der Waals surface area (Å²) in [7, 11) is 4.77. The van der Waals surface area contributed by atoms with Gasteiger partial charge in [0.25, 0.3) is 0 Å². The number of rotatable bonds is 1. The van der Waals surface area contributed by atoms with Crippen LogP contribution in [0.2, 0.25) is 0 Å². The molecule has 12 heavy (non-hydrogen) atoms. The first kappa shape index (κ1) is 9.86. The third-order valence-electron chi connectivity index (χ3n) is 2.05. The van der Waals surface area contributed by atoms with Crippen LogP contribution in [0.15, 0.2) is 0 Å². The second kappa shape index (κ2) is 2.92. The van der Waals surface area contributed by atoms with E-state index in [4.69, 9.17) is 13.0 Å². The van der Waals surface area contributed by atoms with Crippen molar-refractivity contribution < 1.29 is 18.3 Å². The molecule has 6 heteroatoms. The van der Waals surface area contributed by atoms with Crippen LogP contribution in [0.4, 0.5) is 13.2 Å². The molecule has 0 saturated carbocycles. The van der Waals surface area contributed by atoms with Gasteiger partial charge in [-0.25, -0.2) is 0 Å². The fourth-order valence-corrected chi connectivity index (χ4v) is 1.26. The third kappa shape index (κ3) is 1.59. The van der Waals surface area contributed by atoms with Crippen LogP contribution in [0.3, 0.4) is 0 Å². The van der Waals surface area contributed by atoms with E-state index in [9.17, 15) is 13.2 Å². The van der Waals surface area contributed by atoms with Gasteiger partial charge >= 0.3 is 6.18 Å². The fraction of sp³-hybridized carbons (Fsp3) is 1.00. The lowest BCUT2D eigenvalue weighted by Crippen LogP contribution is -2.58. The van der Waals surface area contributed by atoms with Crippen molar-refractivity contribution in [3.05, 3.63) is 0 Å². The van der Waals surface area contributed by atoms with Crippen molar-refractivity contribution in [2.75, 3.05) is 6.54 Å². The molecular weight excluding hydrogens is 170 g/mol. The number of nitrogens with one attached hydrogen (secondary N) is 1. The van der Waals surface area contributed by atoms with E-state index < -0.39 is 17.7 Å². The van der Waals surface area contributed by atoms with Crippen molar-refractivity contribution in [3.8, 4) is 0 Å². The van der Waals surface area contributed by atoms with Crippen LogP contribution < -0.4 is 5.32 Å². The monoisotopic (exact) mass is 179 g/mol. The van der Waals surface area contributed by atoms with Crippen molar-refractivity contribution in [2.24, 2.45) is 0 Å². The molecule has 2 N–H and O–H groups in total. The lowest BCUT2D eigenvalue weighted by atomic mass is 9.74. The van der Waals surface area contributed by atoms with Crippen molar-refractivity contribution >= 4 is 7.85 Å². The largest absolute Gasteiger partial charge is 0.409 e. The second-order valence-electron chi connectivity index (χ2n) is 2.97. The Morgan fingerprint density at radius 1 is 1.42 bits per heavy atom. The van der Waals surface area contributed by atoms with Gasteiger partial charge in [-0.1, -0.05) is 0 Å². The molecule has 2 radical (unpaired) electrons. The maximum atomic E-state index is 12.1. The highest BCUT2D eigenvalue weighted by atomic mass is 19.4. The van der Waals surface area contributed by atoms with Crippen molar-refractivity contribution in [1.29, 1.82) is 0 Å². The normalized spacial score (nSPS) is 30.2. The number of halogens is 3. The molecule has 1 rings (SSSR count). The van der Waals surface area contributed by atoms with E-state index in [2.05, 4.69) is 5.32 Å². The standard InChI is InChI=1S/C6H9BF3NO/c7-5(12,6(8,9)10)4-2-1-3-11-4/h4,11-12H,1-3H2/t4-,5-/m0/s1. The van der Waals surface area contributed by atoms with E-state index in [1.54, 1.807) is 0 Å². The summed E-state index contributed by atoms with van der Waals surface area (Å²) in [6, 6.07) is -1.07. The smallest absolute Gasteiger partial charge is 0.389 e. The summed E-state index contributed by atoms with van der Waals surface area (Å²) < 4.78 is 36.2. The molecule has 0 amide bonds. The molecule has 2 atom stereocenters. The summed E-state index contributed by atoms with van der Waals surface area (Å²) in [5.41, 5.74) is -3.09. The lowest BCUT2D eigenvalue weighted by molar-refractivity contribution is -0.232. The molecule has 0 aliphatic carbocycles. The summed E-state index contributed by atoms with van der Waals surface area (Å²) in [6.07, 6.45) is -3.90. The SMILES string of the molecule is [B][C@](O)([C@@H]1CCCN1)C(F)(F)F. The maximum Gasteiger partial charge on any atom is 0.409 e. The maximum absolute atomic E-state index is 12.1. The van der Waals surface area contributed by atoms with Gasteiger partial charge in [0.05, 0.1) is 0 Å². The highest BCUT2D eigenvalue weighted by Gasteiger charge is 2.54. The first-order valence-corrected chi connectivity index (χ1v) is 3.67. The summed E-state index contributed by atoms with van der Waals surface area (Å²) in [4.78, 5) is 0. The number of alkyl halides is 3. The summed E-state index contributed by atoms with van der Waals surface area (Å²) in [6.45, 7) is 0.472. The average molecular weight is 179 g/mol. The van der Waals surface area contributed by atoms with Crippen molar-refractivity contribution in [2.45, 2.75) is 30.6 Å². The van der Waals surface area contributed by atoms with E-state index in [0.717, 1.165) is 0 Å². The second-order valence-corrected chi connectivity index (χ2v) is 2.97. The third-order valence-corrected chi connectivity index (χ3v) is 2.05. The highest BCUT2D eigenvalue weighted by molar-refractivity contribution is 6.15. The van der Waals surface area contributed by atoms with Gasteiger partial charge in [0.2, 0.25) is 0 Å². The molecule has 1 heterocycles. The number of hydrogen-bond acceptors (Lipinski definition) is 2. The van der Waals surface area contributed by atoms with Gasteiger partial charge in [0, 0.05) is 6.04 Å². The molecule has 1 aliphatic rings. The van der Waals surface area contributed by atoms with Gasteiger partial charge in [-0.15, -0.1) is 0 Å².